The fourth-order valence-corrected chi connectivity index (χ4v) is 5.25. The number of piperazine rings is 1. The zero-order valence-corrected chi connectivity index (χ0v) is 23.4. The first-order valence-electron chi connectivity index (χ1n) is 13.8. The molecule has 2 aromatic heterocycles. The van der Waals surface area contributed by atoms with E-state index in [0.717, 1.165) is 79.1 Å². The van der Waals surface area contributed by atoms with Crippen molar-refractivity contribution in [2.45, 2.75) is 34.1 Å². The van der Waals surface area contributed by atoms with Gasteiger partial charge in [-0.25, -0.2) is 19.9 Å². The summed E-state index contributed by atoms with van der Waals surface area (Å²) in [7, 11) is 2.11. The molecule has 1 N–H and O–H groups in total. The molecule has 1 saturated heterocycles. The lowest BCUT2D eigenvalue weighted by Crippen LogP contribution is -2.46. The van der Waals surface area contributed by atoms with Crippen molar-refractivity contribution in [2.75, 3.05) is 66.3 Å². The van der Waals surface area contributed by atoms with Crippen LogP contribution in [-0.4, -0.2) is 66.3 Å². The molecule has 38 heavy (non-hydrogen) atoms. The highest BCUT2D eigenvalue weighted by Gasteiger charge is 2.19. The number of anilines is 4. The van der Waals surface area contributed by atoms with Crippen molar-refractivity contribution in [3.63, 3.8) is 0 Å². The average molecular weight is 513 g/mol. The third-order valence-electron chi connectivity index (χ3n) is 7.24. The van der Waals surface area contributed by atoms with Crippen LogP contribution in [0, 0.1) is 11.8 Å². The van der Waals surface area contributed by atoms with Gasteiger partial charge in [0.2, 0.25) is 0 Å². The lowest BCUT2D eigenvalue weighted by Gasteiger charge is -2.37. The molecular weight excluding hydrogens is 472 g/mol. The van der Waals surface area contributed by atoms with Crippen molar-refractivity contribution < 1.29 is 0 Å². The van der Waals surface area contributed by atoms with Gasteiger partial charge in [-0.05, 0) is 54.7 Å². The molecular formula is C30H40N8. The van der Waals surface area contributed by atoms with Crippen molar-refractivity contribution in [1.82, 2.24) is 19.9 Å². The Morgan fingerprint density at radius 2 is 1.34 bits per heavy atom. The maximum atomic E-state index is 4.59. The van der Waals surface area contributed by atoms with Gasteiger partial charge in [0.1, 0.15) is 24.3 Å². The molecule has 1 aliphatic heterocycles. The minimum atomic E-state index is 0.573. The van der Waals surface area contributed by atoms with Crippen LogP contribution in [-0.2, 0) is 0 Å². The van der Waals surface area contributed by atoms with Gasteiger partial charge in [-0.3, -0.25) is 0 Å². The molecule has 0 amide bonds. The predicted octanol–water partition coefficient (Wildman–Crippen LogP) is 5.45. The van der Waals surface area contributed by atoms with Gasteiger partial charge in [-0.1, -0.05) is 27.7 Å². The smallest absolute Gasteiger partial charge is 0.139 e. The molecule has 5 rings (SSSR count). The van der Waals surface area contributed by atoms with E-state index in [1.54, 1.807) is 12.7 Å². The number of hydrogen-bond donors (Lipinski definition) is 1. The lowest BCUT2D eigenvalue weighted by atomic mass is 10.1. The molecule has 0 radical (unpaired) electrons. The zero-order chi connectivity index (χ0) is 26.6. The van der Waals surface area contributed by atoms with Crippen molar-refractivity contribution >= 4 is 44.8 Å². The lowest BCUT2D eigenvalue weighted by molar-refractivity contribution is 0.607. The summed E-state index contributed by atoms with van der Waals surface area (Å²) >= 11 is 0. The van der Waals surface area contributed by atoms with E-state index < -0.39 is 0 Å². The monoisotopic (exact) mass is 512 g/mol. The van der Waals surface area contributed by atoms with E-state index in [2.05, 4.69) is 111 Å². The zero-order valence-electron chi connectivity index (χ0n) is 23.4. The van der Waals surface area contributed by atoms with Crippen molar-refractivity contribution in [3.8, 4) is 0 Å². The second-order valence-electron chi connectivity index (χ2n) is 11.2. The van der Waals surface area contributed by atoms with E-state index in [0.29, 0.717) is 11.8 Å². The SMILES string of the molecule is CC(C)CCNc1ncnc2cc(N3CCN(c4ccc5c(N(C)CC(C)C)ncnc5c4)CC3)ccc12. The standard InChI is InChI=1S/C30H40N8/c1-21(2)10-11-31-29-25-8-6-23(16-27(25)32-19-34-29)37-12-14-38(15-13-37)24-7-9-26-28(17-24)33-20-35-30(26)36(5)18-22(3)4/h6-9,16-17,19-22H,10-15,18H2,1-5H3,(H,31,32,34). The number of nitrogens with zero attached hydrogens (tertiary/aromatic N) is 7. The first-order chi connectivity index (χ1) is 18.4. The Morgan fingerprint density at radius 3 is 1.95 bits per heavy atom. The predicted molar refractivity (Wildman–Crippen MR) is 160 cm³/mol. The molecule has 200 valence electrons. The number of rotatable bonds is 9. The summed E-state index contributed by atoms with van der Waals surface area (Å²) in [5, 5.41) is 5.67. The van der Waals surface area contributed by atoms with Crippen LogP contribution in [0.2, 0.25) is 0 Å². The molecule has 1 aliphatic rings. The van der Waals surface area contributed by atoms with Crippen LogP contribution in [0.5, 0.6) is 0 Å². The Morgan fingerprint density at radius 1 is 0.763 bits per heavy atom. The number of hydrogen-bond acceptors (Lipinski definition) is 8. The van der Waals surface area contributed by atoms with E-state index in [9.17, 15) is 0 Å². The van der Waals surface area contributed by atoms with E-state index in [-0.39, 0.29) is 0 Å². The first kappa shape index (κ1) is 25.9. The molecule has 0 saturated carbocycles. The summed E-state index contributed by atoms with van der Waals surface area (Å²) in [5.74, 6) is 3.16. The van der Waals surface area contributed by atoms with Crippen LogP contribution in [0.4, 0.5) is 23.0 Å². The molecule has 3 heterocycles. The molecule has 0 unspecified atom stereocenters. The molecule has 8 nitrogen and oxygen atoms in total. The van der Waals surface area contributed by atoms with Crippen LogP contribution in [0.3, 0.4) is 0 Å². The topological polar surface area (TPSA) is 73.3 Å². The highest BCUT2D eigenvalue weighted by Crippen LogP contribution is 2.29. The van der Waals surface area contributed by atoms with Crippen molar-refractivity contribution in [1.29, 1.82) is 0 Å². The molecule has 0 spiro atoms. The molecule has 0 bridgehead atoms. The third-order valence-corrected chi connectivity index (χ3v) is 7.24. The Balaban J connectivity index is 1.27. The Kier molecular flexibility index (Phi) is 7.77. The van der Waals surface area contributed by atoms with Crippen molar-refractivity contribution in [2.24, 2.45) is 11.8 Å². The van der Waals surface area contributed by atoms with Gasteiger partial charge < -0.3 is 20.0 Å². The molecule has 8 heteroatoms. The molecule has 0 atom stereocenters. The molecule has 2 aromatic carbocycles. The van der Waals surface area contributed by atoms with Crippen molar-refractivity contribution in [3.05, 3.63) is 49.1 Å². The summed E-state index contributed by atoms with van der Waals surface area (Å²) in [6.07, 6.45) is 4.47. The van der Waals surface area contributed by atoms with Crippen LogP contribution in [0.1, 0.15) is 34.1 Å². The quantitative estimate of drug-likeness (QED) is 0.317. The van der Waals surface area contributed by atoms with Gasteiger partial charge in [0.25, 0.3) is 0 Å². The van der Waals surface area contributed by atoms with E-state index >= 15 is 0 Å². The molecule has 0 aliphatic carbocycles. The van der Waals surface area contributed by atoms with Crippen LogP contribution in [0.15, 0.2) is 49.1 Å². The third kappa shape index (κ3) is 5.74. The summed E-state index contributed by atoms with van der Waals surface area (Å²) in [5.41, 5.74) is 4.42. The fraction of sp³-hybridized carbons (Fsp3) is 0.467. The van der Waals surface area contributed by atoms with E-state index in [1.807, 2.05) is 0 Å². The van der Waals surface area contributed by atoms with E-state index in [1.165, 1.54) is 11.4 Å². The van der Waals surface area contributed by atoms with Gasteiger partial charge in [0.05, 0.1) is 11.0 Å². The number of aromatic nitrogens is 4. The summed E-state index contributed by atoms with van der Waals surface area (Å²) in [4.78, 5) is 25.3. The normalized spacial score (nSPS) is 14.2. The average Bonchev–Trinajstić information content (AvgIpc) is 2.91. The van der Waals surface area contributed by atoms with Crippen LogP contribution < -0.4 is 20.0 Å². The van der Waals surface area contributed by atoms with Gasteiger partial charge in [0, 0.05) is 68.5 Å². The summed E-state index contributed by atoms with van der Waals surface area (Å²) < 4.78 is 0. The number of fused-ring (bicyclic) bond motifs is 2. The number of nitrogens with one attached hydrogen (secondary N) is 1. The summed E-state index contributed by atoms with van der Waals surface area (Å²) in [6.45, 7) is 14.7. The number of benzene rings is 2. The van der Waals surface area contributed by atoms with E-state index in [4.69, 9.17) is 0 Å². The highest BCUT2D eigenvalue weighted by molar-refractivity contribution is 5.92. The maximum Gasteiger partial charge on any atom is 0.139 e. The maximum absolute atomic E-state index is 4.59. The largest absolute Gasteiger partial charge is 0.369 e. The van der Waals surface area contributed by atoms with Gasteiger partial charge in [-0.15, -0.1) is 0 Å². The Bertz CT molecular complexity index is 1380. The minimum absolute atomic E-state index is 0.573. The second kappa shape index (κ2) is 11.4. The van der Waals surface area contributed by atoms with Crippen LogP contribution >= 0.6 is 0 Å². The van der Waals surface area contributed by atoms with Gasteiger partial charge >= 0.3 is 0 Å². The molecule has 4 aromatic rings. The molecule has 1 fully saturated rings. The summed E-state index contributed by atoms with van der Waals surface area (Å²) in [6, 6.07) is 13.2. The second-order valence-corrected chi connectivity index (χ2v) is 11.2. The van der Waals surface area contributed by atoms with Gasteiger partial charge in [0.15, 0.2) is 0 Å². The first-order valence-corrected chi connectivity index (χ1v) is 13.8. The fourth-order valence-electron chi connectivity index (χ4n) is 5.25. The highest BCUT2D eigenvalue weighted by atomic mass is 15.3. The Labute approximate surface area is 226 Å². The minimum Gasteiger partial charge on any atom is -0.369 e. The van der Waals surface area contributed by atoms with Crippen LogP contribution in [0.25, 0.3) is 21.8 Å². The Hall–Kier alpha value is -3.68. The van der Waals surface area contributed by atoms with Gasteiger partial charge in [-0.2, -0.15) is 0 Å².